The molecule has 0 saturated carbocycles. The van der Waals surface area contributed by atoms with Crippen LogP contribution in [0, 0.1) is 0 Å². The Morgan fingerprint density at radius 2 is 2.05 bits per heavy atom. The predicted octanol–water partition coefficient (Wildman–Crippen LogP) is 3.15. The van der Waals surface area contributed by atoms with Crippen LogP contribution in [0.1, 0.15) is 63.5 Å². The van der Waals surface area contributed by atoms with Crippen LogP contribution in [-0.2, 0) is 13.0 Å². The van der Waals surface area contributed by atoms with Crippen LogP contribution in [0.3, 0.4) is 0 Å². The lowest BCUT2D eigenvalue weighted by molar-refractivity contribution is 0.220. The minimum Gasteiger partial charge on any atom is -0.315 e. The molecule has 0 aliphatic carbocycles. The Morgan fingerprint density at radius 1 is 1.14 bits per heavy atom. The Bertz CT molecular complexity index is 499. The normalized spacial score (nSPS) is 23.4. The molecule has 1 saturated heterocycles. The van der Waals surface area contributed by atoms with Gasteiger partial charge < -0.3 is 4.57 Å². The average molecular weight is 288 g/mol. The molecule has 116 valence electrons. The molecule has 1 aromatic rings. The lowest BCUT2D eigenvalue weighted by Gasteiger charge is -2.31. The predicted molar refractivity (Wildman–Crippen MR) is 85.4 cm³/mol. The van der Waals surface area contributed by atoms with Crippen LogP contribution in [0.4, 0.5) is 0 Å². The zero-order chi connectivity index (χ0) is 14.7. The van der Waals surface area contributed by atoms with Gasteiger partial charge in [0.05, 0.1) is 0 Å². The number of hydrogen-bond donors (Lipinski definition) is 0. The van der Waals surface area contributed by atoms with Crippen molar-refractivity contribution < 1.29 is 0 Å². The molecule has 4 heteroatoms. The molecule has 0 amide bonds. The van der Waals surface area contributed by atoms with Crippen molar-refractivity contribution in [1.82, 2.24) is 19.7 Å². The lowest BCUT2D eigenvalue weighted by atomic mass is 9.97. The van der Waals surface area contributed by atoms with E-state index in [4.69, 9.17) is 0 Å². The van der Waals surface area contributed by atoms with Crippen molar-refractivity contribution in [3.8, 4) is 0 Å². The zero-order valence-corrected chi connectivity index (χ0v) is 13.5. The van der Waals surface area contributed by atoms with Gasteiger partial charge in [0.1, 0.15) is 11.6 Å². The fraction of sp³-hybridized carbons (Fsp3) is 0.765. The molecule has 1 atom stereocenters. The monoisotopic (exact) mass is 288 g/mol. The number of fused-ring (bicyclic) bond motifs is 1. The Hall–Kier alpha value is -1.16. The summed E-state index contributed by atoms with van der Waals surface area (Å²) < 4.78 is 2.43. The Morgan fingerprint density at radius 3 is 2.90 bits per heavy atom. The number of aromatic nitrogens is 3. The maximum atomic E-state index is 4.56. The van der Waals surface area contributed by atoms with E-state index < -0.39 is 0 Å². The zero-order valence-electron chi connectivity index (χ0n) is 13.5. The van der Waals surface area contributed by atoms with Crippen LogP contribution >= 0.6 is 0 Å². The first kappa shape index (κ1) is 14.8. The van der Waals surface area contributed by atoms with Gasteiger partial charge >= 0.3 is 0 Å². The van der Waals surface area contributed by atoms with Crippen molar-refractivity contribution in [2.45, 2.75) is 64.8 Å². The SMILES string of the molecule is CC(C)=CCN1CCCC(c2nnc3n2CCCCC3)C1. The third-order valence-electron chi connectivity index (χ3n) is 4.77. The highest BCUT2D eigenvalue weighted by atomic mass is 15.3. The third kappa shape index (κ3) is 3.54. The first-order valence-corrected chi connectivity index (χ1v) is 8.51. The third-order valence-corrected chi connectivity index (χ3v) is 4.77. The van der Waals surface area contributed by atoms with Gasteiger partial charge in [-0.2, -0.15) is 0 Å². The number of rotatable bonds is 3. The van der Waals surface area contributed by atoms with Crippen molar-refractivity contribution >= 4 is 0 Å². The van der Waals surface area contributed by atoms with Crippen LogP contribution in [0.5, 0.6) is 0 Å². The number of likely N-dealkylation sites (tertiary alicyclic amines) is 1. The summed E-state index contributed by atoms with van der Waals surface area (Å²) in [5, 5.41) is 9.04. The molecule has 0 N–H and O–H groups in total. The van der Waals surface area contributed by atoms with Gasteiger partial charge in [-0.1, -0.05) is 18.1 Å². The van der Waals surface area contributed by atoms with Crippen LogP contribution in [0.2, 0.25) is 0 Å². The molecule has 1 aromatic heterocycles. The molecule has 0 bridgehead atoms. The number of nitrogens with zero attached hydrogens (tertiary/aromatic N) is 4. The minimum atomic E-state index is 0.573. The molecular weight excluding hydrogens is 260 g/mol. The molecule has 21 heavy (non-hydrogen) atoms. The summed E-state index contributed by atoms with van der Waals surface area (Å²) in [5.41, 5.74) is 1.41. The van der Waals surface area contributed by atoms with E-state index in [0.29, 0.717) is 5.92 Å². The maximum absolute atomic E-state index is 4.56. The number of aryl methyl sites for hydroxylation is 1. The lowest BCUT2D eigenvalue weighted by Crippen LogP contribution is -2.35. The Balaban J connectivity index is 1.71. The van der Waals surface area contributed by atoms with E-state index in [-0.39, 0.29) is 0 Å². The van der Waals surface area contributed by atoms with E-state index in [2.05, 4.69) is 39.6 Å². The summed E-state index contributed by atoms with van der Waals surface area (Å²) in [6.07, 6.45) is 9.89. The fourth-order valence-corrected chi connectivity index (χ4v) is 3.55. The Kier molecular flexibility index (Phi) is 4.73. The first-order valence-electron chi connectivity index (χ1n) is 8.51. The molecule has 0 spiro atoms. The number of hydrogen-bond acceptors (Lipinski definition) is 3. The molecule has 0 radical (unpaired) electrons. The average Bonchev–Trinajstić information content (AvgIpc) is 2.74. The van der Waals surface area contributed by atoms with Gasteiger partial charge in [-0.25, -0.2) is 0 Å². The largest absolute Gasteiger partial charge is 0.315 e. The van der Waals surface area contributed by atoms with E-state index in [0.717, 1.165) is 26.1 Å². The molecule has 4 nitrogen and oxygen atoms in total. The summed E-state index contributed by atoms with van der Waals surface area (Å²) in [4.78, 5) is 2.57. The van der Waals surface area contributed by atoms with Gasteiger partial charge in [-0.3, -0.25) is 4.90 Å². The molecule has 1 fully saturated rings. The second-order valence-corrected chi connectivity index (χ2v) is 6.82. The van der Waals surface area contributed by atoms with Gasteiger partial charge in [0.2, 0.25) is 0 Å². The second-order valence-electron chi connectivity index (χ2n) is 6.82. The van der Waals surface area contributed by atoms with E-state index in [1.807, 2.05) is 0 Å². The van der Waals surface area contributed by atoms with Gasteiger partial charge in [0, 0.05) is 32.0 Å². The molecular formula is C17H28N4. The molecule has 2 aliphatic rings. The van der Waals surface area contributed by atoms with Crippen LogP contribution in [0.25, 0.3) is 0 Å². The summed E-state index contributed by atoms with van der Waals surface area (Å²) >= 11 is 0. The topological polar surface area (TPSA) is 34.0 Å². The standard InChI is InChI=1S/C17H28N4/c1-14(2)9-12-20-10-6-7-15(13-20)17-19-18-16-8-4-3-5-11-21(16)17/h9,15H,3-8,10-13H2,1-2H3. The summed E-state index contributed by atoms with van der Waals surface area (Å²) in [5.74, 6) is 3.06. The number of piperidine rings is 1. The maximum Gasteiger partial charge on any atom is 0.137 e. The molecule has 3 rings (SSSR count). The van der Waals surface area contributed by atoms with E-state index >= 15 is 0 Å². The van der Waals surface area contributed by atoms with Crippen LogP contribution in [-0.4, -0.2) is 39.3 Å². The summed E-state index contributed by atoms with van der Waals surface area (Å²) in [6.45, 7) is 8.94. The van der Waals surface area contributed by atoms with Crippen molar-refractivity contribution in [3.05, 3.63) is 23.3 Å². The van der Waals surface area contributed by atoms with Gasteiger partial charge in [-0.15, -0.1) is 10.2 Å². The van der Waals surface area contributed by atoms with Gasteiger partial charge in [0.15, 0.2) is 0 Å². The molecule has 1 unspecified atom stereocenters. The minimum absolute atomic E-state index is 0.573. The van der Waals surface area contributed by atoms with E-state index in [9.17, 15) is 0 Å². The molecule has 0 aromatic carbocycles. The highest BCUT2D eigenvalue weighted by Crippen LogP contribution is 2.27. The highest BCUT2D eigenvalue weighted by Gasteiger charge is 2.26. The highest BCUT2D eigenvalue weighted by molar-refractivity contribution is 5.06. The van der Waals surface area contributed by atoms with Crippen LogP contribution in [0.15, 0.2) is 11.6 Å². The van der Waals surface area contributed by atoms with Crippen molar-refractivity contribution in [1.29, 1.82) is 0 Å². The van der Waals surface area contributed by atoms with Crippen LogP contribution < -0.4 is 0 Å². The summed E-state index contributed by atoms with van der Waals surface area (Å²) in [7, 11) is 0. The van der Waals surface area contributed by atoms with Crippen molar-refractivity contribution in [3.63, 3.8) is 0 Å². The smallest absolute Gasteiger partial charge is 0.137 e. The van der Waals surface area contributed by atoms with Gasteiger partial charge in [-0.05, 0) is 46.1 Å². The van der Waals surface area contributed by atoms with Crippen molar-refractivity contribution in [2.24, 2.45) is 0 Å². The van der Waals surface area contributed by atoms with E-state index in [1.54, 1.807) is 0 Å². The van der Waals surface area contributed by atoms with E-state index in [1.165, 1.54) is 55.9 Å². The quantitative estimate of drug-likeness (QED) is 0.801. The summed E-state index contributed by atoms with van der Waals surface area (Å²) in [6, 6.07) is 0. The molecule has 2 aliphatic heterocycles. The van der Waals surface area contributed by atoms with Crippen molar-refractivity contribution in [2.75, 3.05) is 19.6 Å². The first-order chi connectivity index (χ1) is 10.2. The molecule has 3 heterocycles. The second kappa shape index (κ2) is 6.73. The number of allylic oxidation sites excluding steroid dienone is 1. The Labute approximate surface area is 128 Å². The van der Waals surface area contributed by atoms with Gasteiger partial charge in [0.25, 0.3) is 0 Å². The fourth-order valence-electron chi connectivity index (χ4n) is 3.55.